The first-order chi connectivity index (χ1) is 21.9. The van der Waals surface area contributed by atoms with Crippen LogP contribution in [0, 0.1) is 0 Å². The van der Waals surface area contributed by atoms with Gasteiger partial charge in [-0.05, 0) is 61.6 Å². The lowest BCUT2D eigenvalue weighted by atomic mass is 9.93. The number of aryl methyl sites for hydroxylation is 1. The summed E-state index contributed by atoms with van der Waals surface area (Å²) in [6.45, 7) is 0.414. The molecule has 1 aliphatic carbocycles. The molecule has 0 fully saturated rings. The molecule has 2 aromatic carbocycles. The van der Waals surface area contributed by atoms with Crippen LogP contribution in [0.25, 0.3) is 10.9 Å². The third kappa shape index (κ3) is 6.26. The fraction of sp³-hybridized carbons (Fsp3) is 0.229. The first-order valence-electron chi connectivity index (χ1n) is 14.7. The van der Waals surface area contributed by atoms with Gasteiger partial charge in [0.1, 0.15) is 22.9 Å². The Labute approximate surface area is 259 Å². The second-order valence-electron chi connectivity index (χ2n) is 10.7. The highest BCUT2D eigenvalue weighted by Crippen LogP contribution is 2.36. The number of benzene rings is 2. The fourth-order valence-corrected chi connectivity index (χ4v) is 5.61. The van der Waals surface area contributed by atoms with Gasteiger partial charge in [0, 0.05) is 41.9 Å². The summed E-state index contributed by atoms with van der Waals surface area (Å²) in [5, 5.41) is 3.42. The number of amides is 1. The van der Waals surface area contributed by atoms with Gasteiger partial charge in [-0.3, -0.25) is 19.4 Å². The van der Waals surface area contributed by atoms with Crippen LogP contribution in [0.1, 0.15) is 51.2 Å². The molecule has 0 saturated heterocycles. The van der Waals surface area contributed by atoms with E-state index in [2.05, 4.69) is 15.3 Å². The molecule has 228 valence electrons. The van der Waals surface area contributed by atoms with E-state index in [1.807, 2.05) is 30.3 Å². The Morgan fingerprint density at radius 3 is 2.47 bits per heavy atom. The second-order valence-corrected chi connectivity index (χ2v) is 10.7. The van der Waals surface area contributed by atoms with Crippen molar-refractivity contribution < 1.29 is 23.8 Å². The molecule has 0 atom stereocenters. The van der Waals surface area contributed by atoms with Crippen LogP contribution in [0.3, 0.4) is 0 Å². The lowest BCUT2D eigenvalue weighted by Crippen LogP contribution is -2.34. The first kappa shape index (κ1) is 29.6. The van der Waals surface area contributed by atoms with Crippen LogP contribution < -0.4 is 25.1 Å². The summed E-state index contributed by atoms with van der Waals surface area (Å²) < 4.78 is 18.5. The maximum atomic E-state index is 13.6. The van der Waals surface area contributed by atoms with Gasteiger partial charge in [-0.1, -0.05) is 30.3 Å². The minimum atomic E-state index is -0.625. The van der Waals surface area contributed by atoms with Gasteiger partial charge in [0.2, 0.25) is 0 Å². The maximum absolute atomic E-state index is 13.6. The van der Waals surface area contributed by atoms with Crippen molar-refractivity contribution in [3.8, 4) is 23.0 Å². The summed E-state index contributed by atoms with van der Waals surface area (Å²) in [6, 6.07) is 20.0. The number of nitrogens with zero attached hydrogens (tertiary/aromatic N) is 3. The molecule has 0 aliphatic heterocycles. The number of fused-ring (bicyclic) bond motifs is 2. The average Bonchev–Trinajstić information content (AvgIpc) is 3.06. The van der Waals surface area contributed by atoms with E-state index in [4.69, 9.17) is 14.2 Å². The van der Waals surface area contributed by atoms with E-state index in [0.29, 0.717) is 72.0 Å². The molecule has 0 saturated carbocycles. The summed E-state index contributed by atoms with van der Waals surface area (Å²) in [7, 11) is 3.12. The maximum Gasteiger partial charge on any atom is 0.263 e. The van der Waals surface area contributed by atoms with Gasteiger partial charge in [-0.2, -0.15) is 0 Å². The number of aromatic nitrogens is 3. The fourth-order valence-electron chi connectivity index (χ4n) is 5.61. The normalized spacial score (nSPS) is 12.4. The molecule has 0 spiro atoms. The highest BCUT2D eigenvalue weighted by molar-refractivity contribution is 6.06. The number of ether oxygens (including phenoxy) is 3. The van der Waals surface area contributed by atoms with E-state index in [1.54, 1.807) is 55.3 Å². The third-order valence-corrected chi connectivity index (χ3v) is 7.87. The molecule has 10 nitrogen and oxygen atoms in total. The van der Waals surface area contributed by atoms with Gasteiger partial charge in [0.15, 0.2) is 17.3 Å². The summed E-state index contributed by atoms with van der Waals surface area (Å²) >= 11 is 0. The topological polar surface area (TPSA) is 122 Å². The number of hydrogen-bond donors (Lipinski definition) is 1. The number of ketones is 1. The zero-order valence-corrected chi connectivity index (χ0v) is 25.0. The molecule has 0 unspecified atom stereocenters. The number of anilines is 1. The quantitative estimate of drug-likeness (QED) is 0.206. The third-order valence-electron chi connectivity index (χ3n) is 7.87. The lowest BCUT2D eigenvalue weighted by molar-refractivity contribution is 0.0970. The molecule has 0 bridgehead atoms. The van der Waals surface area contributed by atoms with Crippen molar-refractivity contribution in [2.75, 3.05) is 19.5 Å². The van der Waals surface area contributed by atoms with Crippen LogP contribution >= 0.6 is 0 Å². The minimum Gasteiger partial charge on any atom is -0.493 e. The van der Waals surface area contributed by atoms with Gasteiger partial charge in [0.05, 0.1) is 25.9 Å². The Morgan fingerprint density at radius 2 is 1.71 bits per heavy atom. The SMILES string of the molecule is COc1cc2nccc(Oc3ccc(NC(=O)c4cc5c(n(CCCc6ccccc6)c4=O)CCCC5=O)nc3)c2cc1OC. The second kappa shape index (κ2) is 13.0. The number of nitrogens with one attached hydrogen (secondary N) is 1. The number of rotatable bonds is 10. The Morgan fingerprint density at radius 1 is 0.911 bits per heavy atom. The van der Waals surface area contributed by atoms with Crippen molar-refractivity contribution in [2.24, 2.45) is 0 Å². The molecule has 5 aromatic rings. The Hall–Kier alpha value is -5.51. The van der Waals surface area contributed by atoms with Crippen LogP contribution in [-0.4, -0.2) is 40.4 Å². The number of hydrogen-bond acceptors (Lipinski definition) is 8. The van der Waals surface area contributed by atoms with Gasteiger partial charge in [0.25, 0.3) is 11.5 Å². The van der Waals surface area contributed by atoms with Gasteiger partial charge < -0.3 is 24.1 Å². The molecular weight excluding hydrogens is 572 g/mol. The molecule has 6 rings (SSSR count). The first-order valence-corrected chi connectivity index (χ1v) is 14.7. The van der Waals surface area contributed by atoms with E-state index in [-0.39, 0.29) is 17.2 Å². The zero-order valence-electron chi connectivity index (χ0n) is 25.0. The molecule has 0 radical (unpaired) electrons. The molecule has 45 heavy (non-hydrogen) atoms. The number of methoxy groups -OCH3 is 2. The lowest BCUT2D eigenvalue weighted by Gasteiger charge is -2.21. The predicted molar refractivity (Wildman–Crippen MR) is 170 cm³/mol. The van der Waals surface area contributed by atoms with E-state index in [0.717, 1.165) is 11.8 Å². The molecule has 1 aliphatic rings. The summed E-state index contributed by atoms with van der Waals surface area (Å²) in [6.07, 6.45) is 6.29. The molecule has 3 heterocycles. The van der Waals surface area contributed by atoms with Crippen molar-refractivity contribution in [3.63, 3.8) is 0 Å². The Bertz CT molecular complexity index is 1940. The summed E-state index contributed by atoms with van der Waals surface area (Å²) in [5.41, 5.74) is 2.49. The number of carbonyl (C=O) groups is 2. The Kier molecular flexibility index (Phi) is 8.54. The van der Waals surface area contributed by atoms with Crippen LogP contribution in [-0.2, 0) is 19.4 Å². The van der Waals surface area contributed by atoms with Crippen molar-refractivity contribution in [1.82, 2.24) is 14.5 Å². The van der Waals surface area contributed by atoms with Crippen LogP contribution in [0.15, 0.2) is 83.9 Å². The molecular formula is C35H32N4O6. The smallest absolute Gasteiger partial charge is 0.263 e. The average molecular weight is 605 g/mol. The predicted octanol–water partition coefficient (Wildman–Crippen LogP) is 6.01. The number of pyridine rings is 3. The summed E-state index contributed by atoms with van der Waals surface area (Å²) in [4.78, 5) is 48.5. The largest absolute Gasteiger partial charge is 0.493 e. The van der Waals surface area contributed by atoms with Crippen LogP contribution in [0.5, 0.6) is 23.0 Å². The van der Waals surface area contributed by atoms with Crippen molar-refractivity contribution in [1.29, 1.82) is 0 Å². The standard InChI is InChI=1S/C35H32N4O6/c1-43-31-19-24-27(20-32(31)44-2)36-16-15-30(24)45-23-13-14-33(37-21-23)38-34(41)26-18-25-28(11-6-12-29(25)40)39(35(26)42)17-7-10-22-8-4-3-5-9-22/h3-5,8-9,13-16,18-21H,6-7,10-12,17H2,1-2H3,(H,37,38,41). The highest BCUT2D eigenvalue weighted by Gasteiger charge is 2.25. The van der Waals surface area contributed by atoms with E-state index >= 15 is 0 Å². The monoisotopic (exact) mass is 604 g/mol. The van der Waals surface area contributed by atoms with Crippen molar-refractivity contribution in [3.05, 3.63) is 112 Å². The molecule has 1 amide bonds. The molecule has 10 heteroatoms. The minimum absolute atomic E-state index is 0.0542. The van der Waals surface area contributed by atoms with Crippen molar-refractivity contribution in [2.45, 2.75) is 38.6 Å². The number of carbonyl (C=O) groups excluding carboxylic acids is 2. The van der Waals surface area contributed by atoms with Crippen LogP contribution in [0.2, 0.25) is 0 Å². The van der Waals surface area contributed by atoms with E-state index in [1.165, 1.54) is 17.8 Å². The van der Waals surface area contributed by atoms with E-state index < -0.39 is 11.5 Å². The van der Waals surface area contributed by atoms with Gasteiger partial charge >= 0.3 is 0 Å². The van der Waals surface area contributed by atoms with Crippen LogP contribution in [0.4, 0.5) is 5.82 Å². The molecule has 3 aromatic heterocycles. The van der Waals surface area contributed by atoms with Crippen molar-refractivity contribution >= 4 is 28.4 Å². The van der Waals surface area contributed by atoms with Gasteiger partial charge in [-0.15, -0.1) is 0 Å². The summed E-state index contributed by atoms with van der Waals surface area (Å²) in [5.74, 6) is 1.61. The zero-order chi connectivity index (χ0) is 31.3. The van der Waals surface area contributed by atoms with E-state index in [9.17, 15) is 14.4 Å². The molecule has 1 N–H and O–H groups in total. The number of Topliss-reactive ketones (excluding diaryl/α,β-unsaturated/α-hetero) is 1. The highest BCUT2D eigenvalue weighted by atomic mass is 16.5. The van der Waals surface area contributed by atoms with Gasteiger partial charge in [-0.25, -0.2) is 4.98 Å². The Balaban J connectivity index is 1.21.